The fourth-order valence-corrected chi connectivity index (χ4v) is 3.76. The molecule has 1 amide bonds. The van der Waals surface area contributed by atoms with Crippen molar-refractivity contribution in [2.24, 2.45) is 7.05 Å². The average molecular weight is 473 g/mol. The Bertz CT molecular complexity index is 1000. The summed E-state index contributed by atoms with van der Waals surface area (Å²) in [6, 6.07) is 2.10. The van der Waals surface area contributed by atoms with Gasteiger partial charge in [-0.05, 0) is 19.4 Å². The second-order valence-electron chi connectivity index (χ2n) is 7.95. The van der Waals surface area contributed by atoms with E-state index < -0.39 is 12.1 Å². The molecule has 1 atom stereocenters. The molecule has 0 radical (unpaired) electrons. The van der Waals surface area contributed by atoms with Gasteiger partial charge in [0, 0.05) is 53.3 Å². The van der Waals surface area contributed by atoms with E-state index in [-0.39, 0.29) is 17.9 Å². The van der Waals surface area contributed by atoms with Crippen LogP contribution in [-0.4, -0.2) is 80.6 Å². The maximum atomic E-state index is 12.6. The van der Waals surface area contributed by atoms with Crippen LogP contribution in [0.1, 0.15) is 39.9 Å². The first-order chi connectivity index (χ1) is 15.5. The number of fused-ring (bicyclic) bond motifs is 1. The SMILES string of the molecule is COC1CCN(C(=O)c2nc3c(o2)CCN(Cc2cc(C)nn2C)C3)C1.O=C(O)C(F)(F)F. The molecule has 2 aromatic rings. The first kappa shape index (κ1) is 24.7. The number of carbonyl (C=O) groups excluding carboxylic acids is 1. The molecule has 2 aliphatic rings. The number of hydrogen-bond acceptors (Lipinski definition) is 7. The number of aromatic nitrogens is 3. The van der Waals surface area contributed by atoms with Crippen molar-refractivity contribution in [1.82, 2.24) is 24.6 Å². The third-order valence-electron chi connectivity index (χ3n) is 5.48. The minimum Gasteiger partial charge on any atom is -0.475 e. The van der Waals surface area contributed by atoms with Crippen LogP contribution in [0.5, 0.6) is 0 Å². The highest BCUT2D eigenvalue weighted by Gasteiger charge is 2.38. The van der Waals surface area contributed by atoms with Crippen molar-refractivity contribution in [3.05, 3.63) is 34.8 Å². The van der Waals surface area contributed by atoms with Gasteiger partial charge < -0.3 is 19.2 Å². The Morgan fingerprint density at radius 3 is 2.58 bits per heavy atom. The van der Waals surface area contributed by atoms with Crippen LogP contribution in [0.25, 0.3) is 0 Å². The molecule has 2 aliphatic heterocycles. The van der Waals surface area contributed by atoms with Crippen molar-refractivity contribution in [1.29, 1.82) is 0 Å². The van der Waals surface area contributed by atoms with Crippen LogP contribution in [0, 0.1) is 6.92 Å². The summed E-state index contributed by atoms with van der Waals surface area (Å²) in [5, 5.41) is 11.5. The van der Waals surface area contributed by atoms with Crippen LogP contribution >= 0.6 is 0 Å². The molecule has 0 aliphatic carbocycles. The van der Waals surface area contributed by atoms with E-state index in [0.717, 1.165) is 43.1 Å². The monoisotopic (exact) mass is 473 g/mol. The van der Waals surface area contributed by atoms with Crippen molar-refractivity contribution < 1.29 is 37.0 Å². The number of carbonyl (C=O) groups is 2. The van der Waals surface area contributed by atoms with Gasteiger partial charge in [0.25, 0.3) is 5.89 Å². The number of nitrogens with zero attached hydrogens (tertiary/aromatic N) is 5. The van der Waals surface area contributed by atoms with Gasteiger partial charge in [-0.3, -0.25) is 14.4 Å². The molecule has 0 aromatic carbocycles. The number of amides is 1. The molecule has 1 fully saturated rings. The molecule has 1 unspecified atom stereocenters. The van der Waals surface area contributed by atoms with Gasteiger partial charge in [0.2, 0.25) is 0 Å². The maximum Gasteiger partial charge on any atom is 0.490 e. The first-order valence-corrected chi connectivity index (χ1v) is 10.3. The van der Waals surface area contributed by atoms with Gasteiger partial charge in [0.05, 0.1) is 23.2 Å². The van der Waals surface area contributed by atoms with Crippen LogP contribution in [0.2, 0.25) is 0 Å². The molecule has 33 heavy (non-hydrogen) atoms. The lowest BCUT2D eigenvalue weighted by molar-refractivity contribution is -0.192. The minimum absolute atomic E-state index is 0.112. The van der Waals surface area contributed by atoms with Crippen molar-refractivity contribution in [2.75, 3.05) is 26.7 Å². The Hall–Kier alpha value is -2.93. The highest BCUT2D eigenvalue weighted by atomic mass is 19.4. The van der Waals surface area contributed by atoms with E-state index in [1.54, 1.807) is 12.0 Å². The molecule has 2 aromatic heterocycles. The third kappa shape index (κ3) is 6.11. The zero-order chi connectivity index (χ0) is 24.3. The molecule has 13 heteroatoms. The molecule has 182 valence electrons. The number of alkyl halides is 3. The largest absolute Gasteiger partial charge is 0.490 e. The average Bonchev–Trinajstić information content (AvgIpc) is 3.45. The van der Waals surface area contributed by atoms with Gasteiger partial charge in [-0.15, -0.1) is 0 Å². The third-order valence-corrected chi connectivity index (χ3v) is 5.48. The topological polar surface area (TPSA) is 114 Å². The molecule has 0 saturated carbocycles. The first-order valence-electron chi connectivity index (χ1n) is 10.3. The number of aryl methyl sites for hydroxylation is 2. The van der Waals surface area contributed by atoms with Crippen molar-refractivity contribution >= 4 is 11.9 Å². The normalized spacial score (nSPS) is 18.6. The van der Waals surface area contributed by atoms with E-state index in [9.17, 15) is 18.0 Å². The minimum atomic E-state index is -5.08. The maximum absolute atomic E-state index is 12.6. The molecular formula is C20H26F3N5O5. The Kier molecular flexibility index (Phi) is 7.42. The van der Waals surface area contributed by atoms with Gasteiger partial charge in [0.15, 0.2) is 0 Å². The molecule has 0 spiro atoms. The molecule has 0 bridgehead atoms. The van der Waals surface area contributed by atoms with Crippen LogP contribution in [0.3, 0.4) is 0 Å². The van der Waals surface area contributed by atoms with Gasteiger partial charge in [-0.25, -0.2) is 9.78 Å². The Labute approximate surface area is 187 Å². The highest BCUT2D eigenvalue weighted by molar-refractivity contribution is 5.90. The smallest absolute Gasteiger partial charge is 0.475 e. The summed E-state index contributed by atoms with van der Waals surface area (Å²) in [6.45, 7) is 5.69. The van der Waals surface area contributed by atoms with Gasteiger partial charge in [-0.1, -0.05) is 0 Å². The number of likely N-dealkylation sites (tertiary alicyclic amines) is 1. The molecule has 4 rings (SSSR count). The van der Waals surface area contributed by atoms with Crippen molar-refractivity contribution in [2.45, 2.75) is 45.1 Å². The molecule has 1 N–H and O–H groups in total. The van der Waals surface area contributed by atoms with Gasteiger partial charge in [0.1, 0.15) is 5.76 Å². The lowest BCUT2D eigenvalue weighted by Gasteiger charge is -2.24. The Morgan fingerprint density at radius 2 is 2.03 bits per heavy atom. The van der Waals surface area contributed by atoms with Crippen molar-refractivity contribution in [3.8, 4) is 0 Å². The second-order valence-corrected chi connectivity index (χ2v) is 7.95. The fourth-order valence-electron chi connectivity index (χ4n) is 3.76. The lowest BCUT2D eigenvalue weighted by Crippen LogP contribution is -2.31. The van der Waals surface area contributed by atoms with Gasteiger partial charge >= 0.3 is 18.1 Å². The summed E-state index contributed by atoms with van der Waals surface area (Å²) in [5.41, 5.74) is 3.07. The summed E-state index contributed by atoms with van der Waals surface area (Å²) < 4.78 is 44.8. The summed E-state index contributed by atoms with van der Waals surface area (Å²) in [6.07, 6.45) is -3.34. The Morgan fingerprint density at radius 1 is 1.33 bits per heavy atom. The second kappa shape index (κ2) is 9.91. The predicted octanol–water partition coefficient (Wildman–Crippen LogP) is 1.77. The number of hydrogen-bond donors (Lipinski definition) is 1. The number of halogens is 3. The lowest BCUT2D eigenvalue weighted by atomic mass is 10.1. The molecule has 1 saturated heterocycles. The fraction of sp³-hybridized carbons (Fsp3) is 0.600. The van der Waals surface area contributed by atoms with E-state index in [1.165, 1.54) is 5.69 Å². The van der Waals surface area contributed by atoms with Crippen LogP contribution in [0.15, 0.2) is 10.5 Å². The van der Waals surface area contributed by atoms with E-state index in [1.807, 2.05) is 18.7 Å². The zero-order valence-electron chi connectivity index (χ0n) is 18.6. The zero-order valence-corrected chi connectivity index (χ0v) is 18.6. The number of carboxylic acids is 1. The molecule has 4 heterocycles. The highest BCUT2D eigenvalue weighted by Crippen LogP contribution is 2.23. The predicted molar refractivity (Wildman–Crippen MR) is 107 cm³/mol. The van der Waals surface area contributed by atoms with Gasteiger partial charge in [-0.2, -0.15) is 18.3 Å². The van der Waals surface area contributed by atoms with Crippen LogP contribution < -0.4 is 0 Å². The number of aliphatic carboxylic acids is 1. The molecule has 10 nitrogen and oxygen atoms in total. The standard InChI is InChI=1S/C18H25N5O3.C2HF3O2/c1-12-8-13(21(2)20-12)9-22-6-5-16-15(11-22)19-17(26-16)18(24)23-7-4-14(10-23)25-3;3-2(4,5)1(6)7/h8,14H,4-7,9-11H2,1-3H3;(H,6,7). The summed E-state index contributed by atoms with van der Waals surface area (Å²) in [4.78, 5) is 30.1. The molecular weight excluding hydrogens is 447 g/mol. The van der Waals surface area contributed by atoms with Crippen LogP contribution in [-0.2, 0) is 36.1 Å². The summed E-state index contributed by atoms with van der Waals surface area (Å²) >= 11 is 0. The summed E-state index contributed by atoms with van der Waals surface area (Å²) in [5.74, 6) is -1.83. The number of methoxy groups -OCH3 is 1. The quantitative estimate of drug-likeness (QED) is 0.715. The van der Waals surface area contributed by atoms with Crippen molar-refractivity contribution in [3.63, 3.8) is 0 Å². The number of rotatable bonds is 4. The van der Waals surface area contributed by atoms with E-state index in [4.69, 9.17) is 19.1 Å². The number of carboxylic acid groups (broad SMARTS) is 1. The number of oxazole rings is 1. The van der Waals surface area contributed by atoms with E-state index in [0.29, 0.717) is 19.6 Å². The number of ether oxygens (including phenoxy) is 1. The Balaban J connectivity index is 0.000000383. The van der Waals surface area contributed by atoms with E-state index in [2.05, 4.69) is 21.0 Å². The van der Waals surface area contributed by atoms with Crippen LogP contribution in [0.4, 0.5) is 13.2 Å². The van der Waals surface area contributed by atoms with E-state index >= 15 is 0 Å². The summed E-state index contributed by atoms with van der Waals surface area (Å²) in [7, 11) is 3.65.